The number of ether oxygens (including phenoxy) is 1. The SMILES string of the molecule is COC(=O)[C@H](Cc1ccccc1[N+](=O)[O-])NC(C)=O. The van der Waals surface area contributed by atoms with Crippen molar-refractivity contribution in [2.75, 3.05) is 7.11 Å². The van der Waals surface area contributed by atoms with Gasteiger partial charge in [0.1, 0.15) is 6.04 Å². The number of amides is 1. The van der Waals surface area contributed by atoms with Crippen LogP contribution in [0.3, 0.4) is 0 Å². The maximum atomic E-state index is 11.5. The molecular weight excluding hydrogens is 252 g/mol. The van der Waals surface area contributed by atoms with Crippen LogP contribution in [0.1, 0.15) is 12.5 Å². The fraction of sp³-hybridized carbons (Fsp3) is 0.333. The van der Waals surface area contributed by atoms with Gasteiger partial charge >= 0.3 is 5.97 Å². The largest absolute Gasteiger partial charge is 0.467 e. The van der Waals surface area contributed by atoms with Crippen LogP contribution in [0.15, 0.2) is 24.3 Å². The maximum absolute atomic E-state index is 11.5. The van der Waals surface area contributed by atoms with Gasteiger partial charge in [-0.05, 0) is 0 Å². The lowest BCUT2D eigenvalue weighted by Gasteiger charge is -2.15. The number of para-hydroxylation sites is 1. The van der Waals surface area contributed by atoms with E-state index in [1.54, 1.807) is 6.07 Å². The predicted octanol–water partition coefficient (Wildman–Crippen LogP) is 0.815. The molecule has 0 heterocycles. The smallest absolute Gasteiger partial charge is 0.328 e. The molecule has 0 aliphatic carbocycles. The molecular formula is C12H14N2O5. The van der Waals surface area contributed by atoms with E-state index in [1.165, 1.54) is 32.2 Å². The number of nitro groups is 1. The molecule has 0 saturated carbocycles. The van der Waals surface area contributed by atoms with Gasteiger partial charge in [0.15, 0.2) is 0 Å². The van der Waals surface area contributed by atoms with E-state index in [9.17, 15) is 19.7 Å². The van der Waals surface area contributed by atoms with Crippen LogP contribution in [0, 0.1) is 10.1 Å². The number of hydrogen-bond acceptors (Lipinski definition) is 5. The molecule has 1 rings (SSSR count). The number of methoxy groups -OCH3 is 1. The first-order valence-electron chi connectivity index (χ1n) is 5.53. The topological polar surface area (TPSA) is 98.5 Å². The molecule has 0 aliphatic heterocycles. The van der Waals surface area contributed by atoms with E-state index in [0.29, 0.717) is 5.56 Å². The quantitative estimate of drug-likeness (QED) is 0.483. The third-order valence-electron chi connectivity index (χ3n) is 2.48. The first-order chi connectivity index (χ1) is 8.95. The second-order valence-electron chi connectivity index (χ2n) is 3.87. The highest BCUT2D eigenvalue weighted by Gasteiger charge is 2.24. The zero-order valence-electron chi connectivity index (χ0n) is 10.6. The van der Waals surface area contributed by atoms with Gasteiger partial charge in [-0.2, -0.15) is 0 Å². The summed E-state index contributed by atoms with van der Waals surface area (Å²) in [5.74, 6) is -1.05. The highest BCUT2D eigenvalue weighted by Crippen LogP contribution is 2.19. The van der Waals surface area contributed by atoms with E-state index in [2.05, 4.69) is 10.1 Å². The Balaban J connectivity index is 2.99. The molecule has 1 aromatic carbocycles. The number of nitrogens with zero attached hydrogens (tertiary/aromatic N) is 1. The molecule has 1 aromatic rings. The predicted molar refractivity (Wildman–Crippen MR) is 66.4 cm³/mol. The van der Waals surface area contributed by atoms with Gasteiger partial charge in [-0.3, -0.25) is 14.9 Å². The van der Waals surface area contributed by atoms with E-state index in [-0.39, 0.29) is 12.1 Å². The Labute approximate surface area is 109 Å². The summed E-state index contributed by atoms with van der Waals surface area (Å²) in [5, 5.41) is 13.3. The maximum Gasteiger partial charge on any atom is 0.328 e. The molecule has 0 aliphatic rings. The number of hydrogen-bond donors (Lipinski definition) is 1. The van der Waals surface area contributed by atoms with Crippen LogP contribution in [0.25, 0.3) is 0 Å². The summed E-state index contributed by atoms with van der Waals surface area (Å²) in [6.45, 7) is 1.26. The van der Waals surface area contributed by atoms with Gasteiger partial charge in [-0.15, -0.1) is 0 Å². The Morgan fingerprint density at radius 1 is 1.42 bits per heavy atom. The monoisotopic (exact) mass is 266 g/mol. The normalized spacial score (nSPS) is 11.5. The van der Waals surface area contributed by atoms with Crippen molar-refractivity contribution in [2.45, 2.75) is 19.4 Å². The fourth-order valence-electron chi connectivity index (χ4n) is 1.66. The molecule has 0 saturated heterocycles. The zero-order valence-corrected chi connectivity index (χ0v) is 10.6. The summed E-state index contributed by atoms with van der Waals surface area (Å²) in [7, 11) is 1.19. The van der Waals surface area contributed by atoms with Crippen molar-refractivity contribution in [1.82, 2.24) is 5.32 Å². The number of nitro benzene ring substituents is 1. The Bertz CT molecular complexity index is 501. The zero-order chi connectivity index (χ0) is 14.4. The van der Waals surface area contributed by atoms with Crippen molar-refractivity contribution in [3.05, 3.63) is 39.9 Å². The first kappa shape index (κ1) is 14.6. The molecule has 1 amide bonds. The van der Waals surface area contributed by atoms with Gasteiger partial charge in [0.2, 0.25) is 5.91 Å². The Morgan fingerprint density at radius 3 is 2.58 bits per heavy atom. The van der Waals surface area contributed by atoms with Crippen LogP contribution in [0.5, 0.6) is 0 Å². The summed E-state index contributed by atoms with van der Waals surface area (Å²) in [6.07, 6.45) is 0.00338. The van der Waals surface area contributed by atoms with Crippen LogP contribution in [0.2, 0.25) is 0 Å². The minimum absolute atomic E-state index is 0.00338. The minimum Gasteiger partial charge on any atom is -0.467 e. The van der Waals surface area contributed by atoms with Crippen molar-refractivity contribution in [3.63, 3.8) is 0 Å². The van der Waals surface area contributed by atoms with E-state index in [0.717, 1.165) is 0 Å². The van der Waals surface area contributed by atoms with Gasteiger partial charge in [0.05, 0.1) is 12.0 Å². The number of benzene rings is 1. The Kier molecular flexibility index (Phi) is 4.99. The van der Waals surface area contributed by atoms with Crippen LogP contribution < -0.4 is 5.32 Å². The fourth-order valence-corrected chi connectivity index (χ4v) is 1.66. The molecule has 0 radical (unpaired) electrons. The number of rotatable bonds is 5. The minimum atomic E-state index is -0.941. The number of carbonyl (C=O) groups is 2. The van der Waals surface area contributed by atoms with Crippen molar-refractivity contribution < 1.29 is 19.2 Å². The van der Waals surface area contributed by atoms with Crippen LogP contribution in [-0.2, 0) is 20.7 Å². The average molecular weight is 266 g/mol. The highest BCUT2D eigenvalue weighted by molar-refractivity contribution is 5.83. The second kappa shape index (κ2) is 6.48. The van der Waals surface area contributed by atoms with Crippen LogP contribution in [0.4, 0.5) is 5.69 Å². The van der Waals surface area contributed by atoms with Gasteiger partial charge in [-0.25, -0.2) is 4.79 Å². The first-order valence-corrected chi connectivity index (χ1v) is 5.53. The van der Waals surface area contributed by atoms with Crippen LogP contribution in [-0.4, -0.2) is 30.0 Å². The molecule has 7 nitrogen and oxygen atoms in total. The molecule has 0 bridgehead atoms. The molecule has 0 aromatic heterocycles. The lowest BCUT2D eigenvalue weighted by molar-refractivity contribution is -0.385. The van der Waals surface area contributed by atoms with E-state index < -0.39 is 22.8 Å². The molecule has 0 fully saturated rings. The summed E-state index contributed by atoms with van der Waals surface area (Å²) in [6, 6.07) is 5.11. The molecule has 19 heavy (non-hydrogen) atoms. The van der Waals surface area contributed by atoms with Crippen molar-refractivity contribution in [1.29, 1.82) is 0 Å². The molecule has 7 heteroatoms. The molecule has 0 unspecified atom stereocenters. The second-order valence-corrected chi connectivity index (χ2v) is 3.87. The van der Waals surface area contributed by atoms with Crippen molar-refractivity contribution >= 4 is 17.6 Å². The lowest BCUT2D eigenvalue weighted by Crippen LogP contribution is -2.42. The standard InChI is InChI=1S/C12H14N2O5/c1-8(15)13-10(12(16)19-2)7-9-5-3-4-6-11(9)14(17)18/h3-6,10H,7H2,1-2H3,(H,13,15)/t10-/m0/s1. The lowest BCUT2D eigenvalue weighted by atomic mass is 10.0. The number of esters is 1. The van der Waals surface area contributed by atoms with E-state index in [4.69, 9.17) is 0 Å². The molecule has 1 atom stereocenters. The van der Waals surface area contributed by atoms with Crippen LogP contribution >= 0.6 is 0 Å². The van der Waals surface area contributed by atoms with Crippen molar-refractivity contribution in [2.24, 2.45) is 0 Å². The summed E-state index contributed by atoms with van der Waals surface area (Å²) >= 11 is 0. The van der Waals surface area contributed by atoms with Gasteiger partial charge in [0, 0.05) is 25.0 Å². The Morgan fingerprint density at radius 2 is 2.05 bits per heavy atom. The molecule has 1 N–H and O–H groups in total. The molecule has 0 spiro atoms. The Hall–Kier alpha value is -2.44. The number of carbonyl (C=O) groups excluding carboxylic acids is 2. The molecule has 102 valence electrons. The third-order valence-corrected chi connectivity index (χ3v) is 2.48. The third kappa shape index (κ3) is 4.06. The van der Waals surface area contributed by atoms with Crippen molar-refractivity contribution in [3.8, 4) is 0 Å². The summed E-state index contributed by atoms with van der Waals surface area (Å²) in [4.78, 5) is 32.9. The van der Waals surface area contributed by atoms with E-state index >= 15 is 0 Å². The van der Waals surface area contributed by atoms with E-state index in [1.807, 2.05) is 0 Å². The number of nitrogens with one attached hydrogen (secondary N) is 1. The van der Waals surface area contributed by atoms with Gasteiger partial charge < -0.3 is 10.1 Å². The highest BCUT2D eigenvalue weighted by atomic mass is 16.6. The summed E-state index contributed by atoms with van der Waals surface area (Å²) < 4.78 is 4.56. The van der Waals surface area contributed by atoms with Gasteiger partial charge in [-0.1, -0.05) is 18.2 Å². The average Bonchev–Trinajstić information content (AvgIpc) is 2.36. The summed E-state index contributed by atoms with van der Waals surface area (Å²) in [5.41, 5.74) is 0.262. The van der Waals surface area contributed by atoms with Gasteiger partial charge in [0.25, 0.3) is 5.69 Å².